The van der Waals surface area contributed by atoms with Crippen molar-refractivity contribution in [2.24, 2.45) is 10.7 Å². The fourth-order valence-electron chi connectivity index (χ4n) is 0.472. The van der Waals surface area contributed by atoms with Crippen LogP contribution in [-0.2, 0) is 0 Å². The van der Waals surface area contributed by atoms with Gasteiger partial charge in [0, 0.05) is 0 Å². The molecule has 0 rings (SSSR count). The van der Waals surface area contributed by atoms with Gasteiger partial charge in [0.05, 0.1) is 12.6 Å². The smallest absolute Gasteiger partial charge is 0.189 e. The Bertz CT molecular complexity index is 188. The maximum Gasteiger partial charge on any atom is 0.189 e. The summed E-state index contributed by atoms with van der Waals surface area (Å²) in [6, 6.07) is -0.0800. The average Bonchev–Trinajstić information content (AvgIpc) is 2.00. The van der Waals surface area contributed by atoms with Crippen molar-refractivity contribution < 1.29 is 0 Å². The van der Waals surface area contributed by atoms with Crippen LogP contribution in [0.2, 0.25) is 0 Å². The zero-order valence-electron chi connectivity index (χ0n) is 6.67. The number of hydrogen-bond donors (Lipinski definition) is 2. The van der Waals surface area contributed by atoms with Crippen molar-refractivity contribution in [3.05, 3.63) is 12.7 Å². The first kappa shape index (κ1) is 9.57. The van der Waals surface area contributed by atoms with Gasteiger partial charge in [-0.2, -0.15) is 0 Å². The van der Waals surface area contributed by atoms with E-state index in [1.807, 2.05) is 6.92 Å². The van der Waals surface area contributed by atoms with Gasteiger partial charge >= 0.3 is 0 Å². The number of nitrogens with zero attached hydrogens (tertiary/aromatic N) is 1. The second kappa shape index (κ2) is 5.36. The molecule has 0 bridgehead atoms. The van der Waals surface area contributed by atoms with Crippen molar-refractivity contribution in [2.45, 2.75) is 13.0 Å². The largest absolute Gasteiger partial charge is 0.370 e. The Morgan fingerprint density at radius 3 is 3.09 bits per heavy atom. The van der Waals surface area contributed by atoms with Gasteiger partial charge in [0.25, 0.3) is 0 Å². The van der Waals surface area contributed by atoms with Crippen LogP contribution < -0.4 is 11.1 Å². The molecule has 60 valence electrons. The van der Waals surface area contributed by atoms with Crippen molar-refractivity contribution in [2.75, 3.05) is 6.54 Å². The highest BCUT2D eigenvalue weighted by Gasteiger charge is 1.94. The van der Waals surface area contributed by atoms with Crippen LogP contribution in [0, 0.1) is 12.3 Å². The monoisotopic (exact) mass is 151 g/mol. The summed E-state index contributed by atoms with van der Waals surface area (Å²) in [4.78, 5) is 3.90. The van der Waals surface area contributed by atoms with E-state index in [-0.39, 0.29) is 6.04 Å². The van der Waals surface area contributed by atoms with Gasteiger partial charge in [0.15, 0.2) is 5.96 Å². The quantitative estimate of drug-likeness (QED) is 0.260. The van der Waals surface area contributed by atoms with E-state index in [2.05, 4.69) is 22.8 Å². The molecule has 1 unspecified atom stereocenters. The van der Waals surface area contributed by atoms with Crippen LogP contribution in [0.4, 0.5) is 0 Å². The maximum atomic E-state index is 5.43. The highest BCUT2D eigenvalue weighted by molar-refractivity contribution is 5.78. The molecule has 0 aliphatic rings. The van der Waals surface area contributed by atoms with E-state index in [0.717, 1.165) is 0 Å². The number of nitrogens with one attached hydrogen (secondary N) is 1. The minimum absolute atomic E-state index is 0.0800. The lowest BCUT2D eigenvalue weighted by atomic mass is 10.4. The minimum atomic E-state index is -0.0800. The Balaban J connectivity index is 3.77. The van der Waals surface area contributed by atoms with E-state index >= 15 is 0 Å². The van der Waals surface area contributed by atoms with Crippen molar-refractivity contribution in [1.82, 2.24) is 5.32 Å². The minimum Gasteiger partial charge on any atom is -0.370 e. The molecule has 0 heterocycles. The molecule has 0 aliphatic heterocycles. The fourth-order valence-corrected chi connectivity index (χ4v) is 0.472. The van der Waals surface area contributed by atoms with Crippen LogP contribution >= 0.6 is 0 Å². The lowest BCUT2D eigenvalue weighted by Crippen LogP contribution is -2.37. The Kier molecular flexibility index (Phi) is 4.67. The first-order valence-corrected chi connectivity index (χ1v) is 3.34. The van der Waals surface area contributed by atoms with Gasteiger partial charge in [0.1, 0.15) is 0 Å². The summed E-state index contributed by atoms with van der Waals surface area (Å²) in [5.74, 6) is 2.83. The molecule has 0 fully saturated rings. The molecule has 0 radical (unpaired) electrons. The Morgan fingerprint density at radius 1 is 2.00 bits per heavy atom. The molecule has 0 aliphatic carbocycles. The molecule has 3 N–H and O–H groups in total. The number of aliphatic imine (C=N–C) groups is 1. The predicted octanol–water partition coefficient (Wildman–Crippen LogP) is 0.0984. The Labute approximate surface area is 67.4 Å². The standard InChI is InChI=1S/C8H13N3/c1-4-6-10-8(9)11-7(3)5-2/h2,4,7H,1,6H2,3H3,(H3,9,10,11). The molecule has 0 spiro atoms. The van der Waals surface area contributed by atoms with Crippen molar-refractivity contribution in [1.29, 1.82) is 0 Å². The summed E-state index contributed by atoms with van der Waals surface area (Å²) >= 11 is 0. The lowest BCUT2D eigenvalue weighted by Gasteiger charge is -2.06. The molecular formula is C8H13N3. The topological polar surface area (TPSA) is 50.4 Å². The predicted molar refractivity (Wildman–Crippen MR) is 48.1 cm³/mol. The van der Waals surface area contributed by atoms with Crippen molar-refractivity contribution in [3.8, 4) is 12.3 Å². The number of rotatable bonds is 3. The highest BCUT2D eigenvalue weighted by Crippen LogP contribution is 1.76. The molecule has 3 heteroatoms. The molecule has 0 saturated carbocycles. The summed E-state index contributed by atoms with van der Waals surface area (Å²) in [5, 5.41) is 2.81. The summed E-state index contributed by atoms with van der Waals surface area (Å²) in [6.45, 7) is 5.84. The fraction of sp³-hybridized carbons (Fsp3) is 0.375. The molecule has 0 aromatic heterocycles. The van der Waals surface area contributed by atoms with Crippen LogP contribution in [0.25, 0.3) is 0 Å². The highest BCUT2D eigenvalue weighted by atomic mass is 15.1. The first-order chi connectivity index (χ1) is 5.20. The van der Waals surface area contributed by atoms with Gasteiger partial charge in [-0.25, -0.2) is 4.99 Å². The van der Waals surface area contributed by atoms with Gasteiger partial charge in [-0.15, -0.1) is 13.0 Å². The van der Waals surface area contributed by atoms with Crippen LogP contribution in [0.3, 0.4) is 0 Å². The third kappa shape index (κ3) is 5.04. The summed E-state index contributed by atoms with van der Waals surface area (Å²) < 4.78 is 0. The second-order valence-electron chi connectivity index (χ2n) is 2.05. The lowest BCUT2D eigenvalue weighted by molar-refractivity contribution is 0.819. The normalized spacial score (nSPS) is 13.3. The first-order valence-electron chi connectivity index (χ1n) is 3.34. The maximum absolute atomic E-state index is 5.43. The molecule has 3 nitrogen and oxygen atoms in total. The molecular weight excluding hydrogens is 138 g/mol. The van der Waals surface area contributed by atoms with E-state index in [1.54, 1.807) is 6.08 Å². The molecule has 0 aromatic rings. The Hall–Kier alpha value is -1.43. The number of nitrogens with two attached hydrogens (primary N) is 1. The van der Waals surface area contributed by atoms with Gasteiger partial charge in [-0.1, -0.05) is 12.0 Å². The zero-order chi connectivity index (χ0) is 8.69. The van der Waals surface area contributed by atoms with E-state index < -0.39 is 0 Å². The van der Waals surface area contributed by atoms with E-state index in [1.165, 1.54) is 0 Å². The van der Waals surface area contributed by atoms with Gasteiger partial charge in [-0.05, 0) is 6.92 Å². The van der Waals surface area contributed by atoms with Crippen LogP contribution in [0.5, 0.6) is 0 Å². The third-order valence-corrected chi connectivity index (χ3v) is 1.01. The zero-order valence-corrected chi connectivity index (χ0v) is 6.67. The Morgan fingerprint density at radius 2 is 2.64 bits per heavy atom. The van der Waals surface area contributed by atoms with Crippen molar-refractivity contribution in [3.63, 3.8) is 0 Å². The summed E-state index contributed by atoms with van der Waals surface area (Å²) in [6.07, 6.45) is 6.77. The SMILES string of the molecule is C#CC(C)NC(N)=NCC=C. The number of guanidine groups is 1. The molecule has 0 aromatic carbocycles. The van der Waals surface area contributed by atoms with Crippen LogP contribution in [0.15, 0.2) is 17.6 Å². The van der Waals surface area contributed by atoms with Crippen molar-refractivity contribution >= 4 is 5.96 Å². The summed E-state index contributed by atoms with van der Waals surface area (Å²) in [5.41, 5.74) is 5.43. The van der Waals surface area contributed by atoms with Crippen LogP contribution in [0.1, 0.15) is 6.92 Å². The summed E-state index contributed by atoms with van der Waals surface area (Å²) in [7, 11) is 0. The van der Waals surface area contributed by atoms with Gasteiger partial charge < -0.3 is 11.1 Å². The van der Waals surface area contributed by atoms with E-state index in [4.69, 9.17) is 12.2 Å². The molecule has 0 amide bonds. The third-order valence-electron chi connectivity index (χ3n) is 1.01. The van der Waals surface area contributed by atoms with Gasteiger partial charge in [-0.3, -0.25) is 0 Å². The van der Waals surface area contributed by atoms with Gasteiger partial charge in [0.2, 0.25) is 0 Å². The molecule has 11 heavy (non-hydrogen) atoms. The number of hydrogen-bond acceptors (Lipinski definition) is 1. The molecule has 1 atom stereocenters. The second-order valence-corrected chi connectivity index (χ2v) is 2.05. The molecule has 0 saturated heterocycles. The van der Waals surface area contributed by atoms with E-state index in [9.17, 15) is 0 Å². The number of terminal acetylenes is 1. The van der Waals surface area contributed by atoms with E-state index in [0.29, 0.717) is 12.5 Å². The van der Waals surface area contributed by atoms with Crippen LogP contribution in [-0.4, -0.2) is 18.5 Å². The average molecular weight is 151 g/mol.